The first-order valence-electron chi connectivity index (χ1n) is 6.49. The second-order valence-electron chi connectivity index (χ2n) is 4.82. The third-order valence-corrected chi connectivity index (χ3v) is 5.00. The molecule has 2 aromatic rings. The Hall–Kier alpha value is -1.98. The van der Waals surface area contributed by atoms with Crippen molar-refractivity contribution in [1.82, 2.24) is 0 Å². The lowest BCUT2D eigenvalue weighted by atomic mass is 10.0. The zero-order chi connectivity index (χ0) is 18.8. The SMILES string of the molecule is O=C(Cl)OC(c1ccc(S(=O)(=O)O)cc1)c1ccc(S(=O)(=O)O)cc1. The van der Waals surface area contributed by atoms with Crippen LogP contribution >= 0.6 is 11.6 Å². The summed E-state index contributed by atoms with van der Waals surface area (Å²) in [5, 5.41) is 0. The molecule has 0 amide bonds. The van der Waals surface area contributed by atoms with E-state index < -0.39 is 31.8 Å². The maximum Gasteiger partial charge on any atom is 0.404 e. The van der Waals surface area contributed by atoms with Gasteiger partial charge in [0.1, 0.15) is 0 Å². The average molecular weight is 407 g/mol. The van der Waals surface area contributed by atoms with Gasteiger partial charge in [0, 0.05) is 11.6 Å². The van der Waals surface area contributed by atoms with E-state index in [1.807, 2.05) is 0 Å². The van der Waals surface area contributed by atoms with Crippen LogP contribution in [0.15, 0.2) is 58.3 Å². The van der Waals surface area contributed by atoms with Crippen LogP contribution < -0.4 is 0 Å². The molecule has 2 rings (SSSR count). The molecule has 0 spiro atoms. The molecule has 0 bridgehead atoms. The van der Waals surface area contributed by atoms with E-state index in [1.165, 1.54) is 24.3 Å². The summed E-state index contributed by atoms with van der Waals surface area (Å²) in [5.41, 5.74) is -0.496. The van der Waals surface area contributed by atoms with Crippen LogP contribution in [0, 0.1) is 0 Å². The molecule has 0 radical (unpaired) electrons. The number of carbonyl (C=O) groups is 1. The monoisotopic (exact) mass is 406 g/mol. The van der Waals surface area contributed by atoms with Gasteiger partial charge in [0.2, 0.25) is 0 Å². The van der Waals surface area contributed by atoms with E-state index in [1.54, 1.807) is 0 Å². The first-order valence-corrected chi connectivity index (χ1v) is 9.75. The zero-order valence-electron chi connectivity index (χ0n) is 12.2. The van der Waals surface area contributed by atoms with E-state index in [-0.39, 0.29) is 9.79 Å². The van der Waals surface area contributed by atoms with Crippen molar-refractivity contribution < 1.29 is 35.5 Å². The van der Waals surface area contributed by atoms with Gasteiger partial charge >= 0.3 is 5.43 Å². The lowest BCUT2D eigenvalue weighted by Crippen LogP contribution is -2.09. The molecule has 0 aliphatic rings. The number of carbonyl (C=O) groups excluding carboxylic acids is 1. The van der Waals surface area contributed by atoms with Gasteiger partial charge in [-0.25, -0.2) is 4.79 Å². The topological polar surface area (TPSA) is 135 Å². The minimum atomic E-state index is -4.38. The van der Waals surface area contributed by atoms with Crippen LogP contribution in [0.3, 0.4) is 0 Å². The summed E-state index contributed by atoms with van der Waals surface area (Å²) in [6.07, 6.45) is -1.06. The third-order valence-electron chi connectivity index (χ3n) is 3.17. The molecule has 0 saturated carbocycles. The van der Waals surface area contributed by atoms with Gasteiger partial charge in [-0.15, -0.1) is 0 Å². The number of hydrogen-bond donors (Lipinski definition) is 2. The maximum atomic E-state index is 11.1. The second kappa shape index (κ2) is 7.10. The van der Waals surface area contributed by atoms with Crippen LogP contribution in [0.4, 0.5) is 4.79 Å². The van der Waals surface area contributed by atoms with Gasteiger partial charge in [-0.05, 0) is 35.4 Å². The Morgan fingerprint density at radius 1 is 0.800 bits per heavy atom. The first-order chi connectivity index (χ1) is 11.5. The molecule has 2 N–H and O–H groups in total. The van der Waals surface area contributed by atoms with Crippen LogP contribution in [0.5, 0.6) is 0 Å². The lowest BCUT2D eigenvalue weighted by Gasteiger charge is -2.17. The maximum absolute atomic E-state index is 11.1. The number of hydrogen-bond acceptors (Lipinski definition) is 6. The summed E-state index contributed by atoms with van der Waals surface area (Å²) in [7, 11) is -8.77. The van der Waals surface area contributed by atoms with E-state index in [9.17, 15) is 21.6 Å². The predicted molar refractivity (Wildman–Crippen MR) is 86.7 cm³/mol. The van der Waals surface area contributed by atoms with Crippen LogP contribution in [0.25, 0.3) is 0 Å². The summed E-state index contributed by atoms with van der Waals surface area (Å²) in [6.45, 7) is 0. The molecule has 8 nitrogen and oxygen atoms in total. The summed E-state index contributed by atoms with van der Waals surface area (Å²) in [6, 6.07) is 9.60. The highest BCUT2D eigenvalue weighted by atomic mass is 35.5. The largest absolute Gasteiger partial charge is 0.441 e. The highest BCUT2D eigenvalue weighted by Crippen LogP contribution is 2.28. The molecule has 0 saturated heterocycles. The minimum Gasteiger partial charge on any atom is -0.441 e. The smallest absolute Gasteiger partial charge is 0.404 e. The Balaban J connectivity index is 2.44. The first kappa shape index (κ1) is 19.3. The molecule has 11 heteroatoms. The zero-order valence-corrected chi connectivity index (χ0v) is 14.6. The van der Waals surface area contributed by atoms with Crippen molar-refractivity contribution in [2.45, 2.75) is 15.9 Å². The van der Waals surface area contributed by atoms with Crippen molar-refractivity contribution in [2.24, 2.45) is 0 Å². The fourth-order valence-electron chi connectivity index (χ4n) is 2.05. The molecule has 0 heterocycles. The molecule has 0 atom stereocenters. The number of rotatable bonds is 5. The van der Waals surface area contributed by atoms with Crippen LogP contribution in [-0.2, 0) is 25.0 Å². The van der Waals surface area contributed by atoms with Gasteiger partial charge < -0.3 is 4.74 Å². The van der Waals surface area contributed by atoms with Crippen LogP contribution in [0.1, 0.15) is 17.2 Å². The van der Waals surface area contributed by atoms with E-state index in [0.717, 1.165) is 24.3 Å². The van der Waals surface area contributed by atoms with Gasteiger partial charge in [0.25, 0.3) is 20.2 Å². The van der Waals surface area contributed by atoms with Crippen LogP contribution in [-0.4, -0.2) is 31.4 Å². The standard InChI is InChI=1S/C14H11ClO8S2/c15-14(16)23-13(9-1-5-11(6-2-9)24(17,18)19)10-3-7-12(8-4-10)25(20,21)22/h1-8,13H,(H,17,18,19)(H,20,21,22). The van der Waals surface area contributed by atoms with Gasteiger partial charge in [-0.2, -0.15) is 16.8 Å². The summed E-state index contributed by atoms with van der Waals surface area (Å²) in [4.78, 5) is 10.4. The second-order valence-corrected chi connectivity index (χ2v) is 7.98. The molecule has 25 heavy (non-hydrogen) atoms. The predicted octanol–water partition coefficient (Wildman–Crippen LogP) is 2.64. The third kappa shape index (κ3) is 5.00. The Morgan fingerprint density at radius 2 is 1.12 bits per heavy atom. The molecule has 2 aromatic carbocycles. The number of benzene rings is 2. The highest BCUT2D eigenvalue weighted by Gasteiger charge is 2.20. The van der Waals surface area contributed by atoms with Crippen molar-refractivity contribution >= 4 is 37.3 Å². The Kier molecular flexibility index (Phi) is 5.49. The molecular weight excluding hydrogens is 396 g/mol. The molecule has 134 valence electrons. The minimum absolute atomic E-state index is 0.320. The van der Waals surface area contributed by atoms with Gasteiger partial charge in [0.15, 0.2) is 6.10 Å². The van der Waals surface area contributed by atoms with Gasteiger partial charge in [-0.3, -0.25) is 9.11 Å². The van der Waals surface area contributed by atoms with Crippen molar-refractivity contribution in [1.29, 1.82) is 0 Å². The highest BCUT2D eigenvalue weighted by molar-refractivity contribution is 7.86. The van der Waals surface area contributed by atoms with Crippen molar-refractivity contribution in [3.05, 3.63) is 59.7 Å². The van der Waals surface area contributed by atoms with E-state index in [0.29, 0.717) is 11.1 Å². The van der Waals surface area contributed by atoms with Gasteiger partial charge in [0.05, 0.1) is 9.79 Å². The molecular formula is C14H11ClO8S2. The fraction of sp³-hybridized carbons (Fsp3) is 0.0714. The molecule has 0 fully saturated rings. The number of ether oxygens (including phenoxy) is 1. The van der Waals surface area contributed by atoms with E-state index >= 15 is 0 Å². The van der Waals surface area contributed by atoms with Crippen molar-refractivity contribution in [3.8, 4) is 0 Å². The van der Waals surface area contributed by atoms with E-state index in [2.05, 4.69) is 0 Å². The fourth-order valence-corrected chi connectivity index (χ4v) is 3.10. The molecule has 0 aliphatic carbocycles. The quantitative estimate of drug-likeness (QED) is 0.571. The number of halogens is 1. The average Bonchev–Trinajstić information content (AvgIpc) is 2.51. The summed E-state index contributed by atoms with van der Waals surface area (Å²) < 4.78 is 67.2. The van der Waals surface area contributed by atoms with Crippen LogP contribution in [0.2, 0.25) is 0 Å². The Bertz CT molecular complexity index is 905. The summed E-state index contributed by atoms with van der Waals surface area (Å²) >= 11 is 5.25. The molecule has 0 unspecified atom stereocenters. The Morgan fingerprint density at radius 3 is 1.36 bits per heavy atom. The molecule has 0 aliphatic heterocycles. The Labute approximate surface area is 148 Å². The van der Waals surface area contributed by atoms with Gasteiger partial charge in [-0.1, -0.05) is 24.3 Å². The molecule has 0 aromatic heterocycles. The lowest BCUT2D eigenvalue weighted by molar-refractivity contribution is 0.142. The van der Waals surface area contributed by atoms with Crippen molar-refractivity contribution in [3.63, 3.8) is 0 Å². The normalized spacial score (nSPS) is 12.2. The summed E-state index contributed by atoms with van der Waals surface area (Å²) in [5.74, 6) is 0. The van der Waals surface area contributed by atoms with Crippen molar-refractivity contribution in [2.75, 3.05) is 0 Å². The van der Waals surface area contributed by atoms with E-state index in [4.69, 9.17) is 25.4 Å².